The summed E-state index contributed by atoms with van der Waals surface area (Å²) in [5.41, 5.74) is 9.91. The van der Waals surface area contributed by atoms with Crippen LogP contribution in [-0.2, 0) is 18.4 Å². The van der Waals surface area contributed by atoms with Crippen molar-refractivity contribution in [3.8, 4) is 16.9 Å². The Kier molecular flexibility index (Phi) is 13.5. The van der Waals surface area contributed by atoms with E-state index in [9.17, 15) is 18.4 Å². The number of nitrogens with two attached hydrogens (primary N) is 1. The predicted molar refractivity (Wildman–Crippen MR) is 214 cm³/mol. The molecular formula is C39H49ClF2N7O3P. The number of methoxy groups -OCH3 is 1. The number of nitrogen functional groups attached to an aromatic ring is 1. The van der Waals surface area contributed by atoms with Crippen LogP contribution >= 0.6 is 20.8 Å². The van der Waals surface area contributed by atoms with Crippen molar-refractivity contribution in [1.82, 2.24) is 25.1 Å². The van der Waals surface area contributed by atoms with Gasteiger partial charge < -0.3 is 30.6 Å². The van der Waals surface area contributed by atoms with Crippen molar-refractivity contribution in [2.75, 3.05) is 57.0 Å². The van der Waals surface area contributed by atoms with Crippen LogP contribution in [0.15, 0.2) is 72.1 Å². The van der Waals surface area contributed by atoms with Gasteiger partial charge in [-0.15, -0.1) is 0 Å². The summed E-state index contributed by atoms with van der Waals surface area (Å²) < 4.78 is 35.5. The zero-order valence-corrected chi connectivity index (χ0v) is 32.5. The molecule has 3 aliphatic rings. The Morgan fingerprint density at radius 2 is 1.89 bits per heavy atom. The number of alkyl halides is 1. The number of nitrogens with zero attached hydrogens (tertiary/aromatic N) is 4. The SMILES string of the molecule is C=C1CCCC(=O)N1.COc1cc(-c2cn(C)c(=O)c3cnccc23)cc(Cl)c1CN1CCC(C)C(F)(P)C1.Nc1ccc(N2CCNCC2)c(F)c1. The fraction of sp³-hybridized carbons (Fsp3) is 0.410. The molecule has 14 heteroatoms. The summed E-state index contributed by atoms with van der Waals surface area (Å²) in [7, 11) is 5.69. The molecule has 3 saturated heterocycles. The second-order valence-electron chi connectivity index (χ2n) is 13.8. The molecule has 3 unspecified atom stereocenters. The van der Waals surface area contributed by atoms with Gasteiger partial charge in [0.05, 0.1) is 18.2 Å². The van der Waals surface area contributed by atoms with Crippen LogP contribution in [0.3, 0.4) is 0 Å². The number of carbonyl (C=O) groups is 1. The van der Waals surface area contributed by atoms with Gasteiger partial charge >= 0.3 is 0 Å². The molecule has 3 fully saturated rings. The third kappa shape index (κ3) is 10.1. The van der Waals surface area contributed by atoms with Gasteiger partial charge in [-0.25, -0.2) is 8.78 Å². The highest BCUT2D eigenvalue weighted by Crippen LogP contribution is 2.40. The number of anilines is 2. The number of nitrogens with one attached hydrogen (secondary N) is 2. The van der Waals surface area contributed by atoms with Gasteiger partial charge in [-0.05, 0) is 79.1 Å². The van der Waals surface area contributed by atoms with Gasteiger partial charge in [0.2, 0.25) is 5.91 Å². The molecule has 4 aromatic rings. The molecule has 7 rings (SSSR count). The van der Waals surface area contributed by atoms with Crippen molar-refractivity contribution in [3.05, 3.63) is 94.0 Å². The van der Waals surface area contributed by atoms with Crippen LogP contribution in [0.1, 0.15) is 38.2 Å². The molecule has 10 nitrogen and oxygen atoms in total. The van der Waals surface area contributed by atoms with Crippen LogP contribution in [0, 0.1) is 11.7 Å². The standard InChI is InChI=1S/C23H26ClFN3O2P.C10H14FN3.C6H9NO/c1-14-5-7-28(13-23(14,25)31)12-19-20(24)8-15(9-21(19)30-3)18-11-27(2)22(29)17-10-26-6-4-16(17)18;11-9-7-8(12)1-2-10(9)14-5-3-13-4-6-14;1-5-3-2-4-6(8)7-5/h4,6,8-11,14H,5,7,12-13,31H2,1-3H3;1-2,7,13H,3-6,12H2;1-4H2,(H,7,8). The molecular weight excluding hydrogens is 719 g/mol. The highest BCUT2D eigenvalue weighted by atomic mass is 35.5. The molecule has 2 aromatic heterocycles. The maximum absolute atomic E-state index is 14.8. The summed E-state index contributed by atoms with van der Waals surface area (Å²) in [4.78, 5) is 31.2. The number of piperazine rings is 1. The van der Waals surface area contributed by atoms with Crippen LogP contribution in [0.5, 0.6) is 5.75 Å². The maximum Gasteiger partial charge on any atom is 0.259 e. The third-order valence-electron chi connectivity index (χ3n) is 9.84. The number of hydrogen-bond donors (Lipinski definition) is 3. The van der Waals surface area contributed by atoms with E-state index in [-0.39, 0.29) is 23.2 Å². The zero-order chi connectivity index (χ0) is 38.3. The molecule has 0 saturated carbocycles. The average Bonchev–Trinajstić information content (AvgIpc) is 3.13. The molecule has 3 aliphatic heterocycles. The van der Waals surface area contributed by atoms with E-state index in [0.29, 0.717) is 47.0 Å². The number of pyridine rings is 2. The number of rotatable bonds is 5. The number of ether oxygens (including phenoxy) is 1. The maximum atomic E-state index is 14.8. The van der Waals surface area contributed by atoms with E-state index in [2.05, 4.69) is 36.3 Å². The van der Waals surface area contributed by atoms with Crippen molar-refractivity contribution in [1.29, 1.82) is 0 Å². The second kappa shape index (κ2) is 17.8. The second-order valence-corrected chi connectivity index (χ2v) is 15.2. The molecule has 2 aromatic carbocycles. The number of likely N-dealkylation sites (tertiary alicyclic amines) is 1. The highest BCUT2D eigenvalue weighted by Gasteiger charge is 2.37. The number of amides is 1. The van der Waals surface area contributed by atoms with Crippen molar-refractivity contribution in [2.45, 2.75) is 44.6 Å². The topological polar surface area (TPSA) is 118 Å². The Morgan fingerprint density at radius 3 is 2.53 bits per heavy atom. The summed E-state index contributed by atoms with van der Waals surface area (Å²) >= 11 is 6.72. The lowest BCUT2D eigenvalue weighted by atomic mass is 9.95. The van der Waals surface area contributed by atoms with Gasteiger partial charge in [0, 0.05) is 98.9 Å². The van der Waals surface area contributed by atoms with Gasteiger partial charge in [-0.1, -0.05) is 34.3 Å². The number of piperidine rings is 2. The molecule has 53 heavy (non-hydrogen) atoms. The minimum Gasteiger partial charge on any atom is -0.496 e. The smallest absolute Gasteiger partial charge is 0.259 e. The first kappa shape index (κ1) is 40.1. The monoisotopic (exact) mass is 767 g/mol. The fourth-order valence-electron chi connectivity index (χ4n) is 6.67. The summed E-state index contributed by atoms with van der Waals surface area (Å²) in [5.74, 6) is 0.527. The van der Waals surface area contributed by atoms with Crippen LogP contribution in [0.2, 0.25) is 5.02 Å². The van der Waals surface area contributed by atoms with Crippen molar-refractivity contribution < 1.29 is 18.3 Å². The number of aryl methyl sites for hydroxylation is 1. The minimum atomic E-state index is -1.31. The molecule has 0 bridgehead atoms. The van der Waals surface area contributed by atoms with Gasteiger partial charge in [0.25, 0.3) is 5.56 Å². The Bertz CT molecular complexity index is 1990. The Morgan fingerprint density at radius 1 is 1.13 bits per heavy atom. The number of carbonyl (C=O) groups excluding carboxylic acids is 1. The van der Waals surface area contributed by atoms with E-state index in [1.165, 1.54) is 6.07 Å². The quantitative estimate of drug-likeness (QED) is 0.161. The number of halogens is 3. The lowest BCUT2D eigenvalue weighted by Crippen LogP contribution is -2.46. The van der Waals surface area contributed by atoms with E-state index in [1.54, 1.807) is 49.4 Å². The molecule has 4 N–H and O–H groups in total. The molecule has 0 aliphatic carbocycles. The number of fused-ring (bicyclic) bond motifs is 1. The van der Waals surface area contributed by atoms with Crippen LogP contribution < -0.4 is 31.6 Å². The fourth-order valence-corrected chi connectivity index (χ4v) is 7.36. The average molecular weight is 768 g/mol. The molecule has 1 amide bonds. The Balaban J connectivity index is 0.000000200. The Labute approximate surface area is 316 Å². The van der Waals surface area contributed by atoms with Gasteiger partial charge in [-0.3, -0.25) is 19.5 Å². The van der Waals surface area contributed by atoms with E-state index in [0.717, 1.165) is 79.8 Å². The highest BCUT2D eigenvalue weighted by molar-refractivity contribution is 7.18. The van der Waals surface area contributed by atoms with E-state index >= 15 is 0 Å². The van der Waals surface area contributed by atoms with Crippen LogP contribution in [-0.4, -0.2) is 72.1 Å². The lowest BCUT2D eigenvalue weighted by molar-refractivity contribution is -0.121. The largest absolute Gasteiger partial charge is 0.496 e. The number of hydrogen-bond acceptors (Lipinski definition) is 8. The summed E-state index contributed by atoms with van der Waals surface area (Å²) in [6.07, 6.45) is 8.41. The first-order chi connectivity index (χ1) is 25.3. The van der Waals surface area contributed by atoms with Gasteiger partial charge in [0.15, 0.2) is 0 Å². The van der Waals surface area contributed by atoms with Gasteiger partial charge in [0.1, 0.15) is 17.0 Å². The molecule has 284 valence electrons. The summed E-state index contributed by atoms with van der Waals surface area (Å²) in [6, 6.07) is 10.5. The van der Waals surface area contributed by atoms with Crippen molar-refractivity contribution >= 4 is 48.9 Å². The predicted octanol–water partition coefficient (Wildman–Crippen LogP) is 6.26. The normalized spacial score (nSPS) is 20.5. The molecule has 0 spiro atoms. The summed E-state index contributed by atoms with van der Waals surface area (Å²) in [5, 5.41) is 6.47. The zero-order valence-electron chi connectivity index (χ0n) is 30.6. The number of allylic oxidation sites excluding steroid dienone is 1. The first-order valence-corrected chi connectivity index (χ1v) is 18.7. The van der Waals surface area contributed by atoms with E-state index in [1.807, 2.05) is 30.0 Å². The minimum absolute atomic E-state index is 0.000917. The van der Waals surface area contributed by atoms with E-state index < -0.39 is 5.41 Å². The summed E-state index contributed by atoms with van der Waals surface area (Å²) in [6.45, 7) is 10.7. The molecule has 0 radical (unpaired) electrons. The third-order valence-corrected chi connectivity index (χ3v) is 10.9. The lowest BCUT2D eigenvalue weighted by Gasteiger charge is -2.39. The van der Waals surface area contributed by atoms with E-state index in [4.69, 9.17) is 22.1 Å². The Hall–Kier alpha value is -4.09. The number of benzene rings is 2. The van der Waals surface area contributed by atoms with Crippen LogP contribution in [0.4, 0.5) is 20.2 Å². The number of aromatic nitrogens is 2. The van der Waals surface area contributed by atoms with Crippen molar-refractivity contribution in [2.24, 2.45) is 13.0 Å². The molecule has 3 atom stereocenters. The van der Waals surface area contributed by atoms with Gasteiger partial charge in [-0.2, -0.15) is 0 Å². The first-order valence-electron chi connectivity index (χ1n) is 17.8. The van der Waals surface area contributed by atoms with Crippen LogP contribution in [0.25, 0.3) is 21.9 Å². The van der Waals surface area contributed by atoms with Crippen molar-refractivity contribution in [3.63, 3.8) is 0 Å². The molecule has 5 heterocycles.